The Morgan fingerprint density at radius 2 is 1.28 bits per heavy atom. The van der Waals surface area contributed by atoms with Crippen LogP contribution in [0.5, 0.6) is 0 Å². The maximum atomic E-state index is 5.36. The van der Waals surface area contributed by atoms with E-state index in [1.165, 1.54) is 86.5 Å². The van der Waals surface area contributed by atoms with Crippen molar-refractivity contribution in [2.75, 3.05) is 0 Å². The second-order valence-electron chi connectivity index (χ2n) is 15.8. The summed E-state index contributed by atoms with van der Waals surface area (Å²) in [5.41, 5.74) is 12.5. The van der Waals surface area contributed by atoms with Gasteiger partial charge in [-0.25, -0.2) is 9.97 Å². The van der Waals surface area contributed by atoms with Crippen LogP contribution in [0.2, 0.25) is 0 Å². The van der Waals surface area contributed by atoms with E-state index in [-0.39, 0.29) is 0 Å². The molecule has 13 aromatic rings. The highest BCUT2D eigenvalue weighted by atomic mass is 32.1. The van der Waals surface area contributed by atoms with Crippen LogP contribution in [0.4, 0.5) is 0 Å². The van der Waals surface area contributed by atoms with Crippen LogP contribution < -0.4 is 0 Å². The second-order valence-corrected chi connectivity index (χ2v) is 16.9. The van der Waals surface area contributed by atoms with Gasteiger partial charge in [-0.3, -0.25) is 0 Å². The lowest BCUT2D eigenvalue weighted by Gasteiger charge is -2.12. The van der Waals surface area contributed by atoms with Crippen molar-refractivity contribution in [2.45, 2.75) is 6.92 Å². The van der Waals surface area contributed by atoms with Crippen molar-refractivity contribution >= 4 is 108 Å². The third-order valence-electron chi connectivity index (χ3n) is 12.6. The summed E-state index contributed by atoms with van der Waals surface area (Å²) in [5.74, 6) is 0.733. The molecule has 0 bridgehead atoms. The van der Waals surface area contributed by atoms with Gasteiger partial charge in [0.2, 0.25) is 0 Å². The van der Waals surface area contributed by atoms with Gasteiger partial charge >= 0.3 is 0 Å². The van der Waals surface area contributed by atoms with Crippen molar-refractivity contribution in [1.82, 2.24) is 18.9 Å². The van der Waals surface area contributed by atoms with Crippen LogP contribution >= 0.6 is 11.3 Å². The molecule has 0 saturated carbocycles. The van der Waals surface area contributed by atoms with E-state index in [1.807, 2.05) is 6.08 Å². The number of rotatable bonds is 5. The van der Waals surface area contributed by atoms with Crippen molar-refractivity contribution < 1.29 is 0 Å². The van der Waals surface area contributed by atoms with Crippen molar-refractivity contribution in [2.24, 2.45) is 0 Å². The first kappa shape index (κ1) is 33.4. The zero-order valence-corrected chi connectivity index (χ0v) is 33.5. The van der Waals surface area contributed by atoms with Crippen LogP contribution in [0, 0.1) is 6.92 Å². The van der Waals surface area contributed by atoms with Crippen molar-refractivity contribution in [3.63, 3.8) is 0 Å². The number of hydrogen-bond donors (Lipinski definition) is 0. The first-order valence-electron chi connectivity index (χ1n) is 20.4. The Morgan fingerprint density at radius 1 is 0.567 bits per heavy atom. The van der Waals surface area contributed by atoms with Gasteiger partial charge in [-0.1, -0.05) is 140 Å². The topological polar surface area (TPSA) is 35.1 Å². The quantitative estimate of drug-likeness (QED) is 0.163. The van der Waals surface area contributed by atoms with Crippen LogP contribution in [-0.2, 0) is 0 Å². The molecule has 0 unspecified atom stereocenters. The summed E-state index contributed by atoms with van der Waals surface area (Å²) in [7, 11) is 0. The number of fused-ring (bicyclic) bond motifs is 13. The van der Waals surface area contributed by atoms with Crippen LogP contribution in [0.15, 0.2) is 176 Å². The predicted molar refractivity (Wildman–Crippen MR) is 256 cm³/mol. The van der Waals surface area contributed by atoms with Gasteiger partial charge in [0.1, 0.15) is 0 Å². The molecule has 0 aliphatic carbocycles. The molecule has 0 fully saturated rings. The second kappa shape index (κ2) is 12.5. The van der Waals surface area contributed by atoms with Crippen LogP contribution in [0.25, 0.3) is 125 Å². The maximum absolute atomic E-state index is 5.36. The number of benzene rings is 8. The lowest BCUT2D eigenvalue weighted by Crippen LogP contribution is -1.96. The Balaban J connectivity index is 1.08. The molecular formula is C55H34N4S. The number of hydrogen-bond acceptors (Lipinski definition) is 3. The third kappa shape index (κ3) is 4.55. The van der Waals surface area contributed by atoms with E-state index in [1.54, 1.807) is 11.3 Å². The number of aromatic nitrogens is 4. The molecule has 0 radical (unpaired) electrons. The number of aryl methyl sites for hydroxylation is 1. The van der Waals surface area contributed by atoms with E-state index in [4.69, 9.17) is 9.97 Å². The Morgan fingerprint density at radius 3 is 2.13 bits per heavy atom. The summed E-state index contributed by atoms with van der Waals surface area (Å²) in [4.78, 5) is 10.6. The van der Waals surface area contributed by atoms with Gasteiger partial charge in [-0.05, 0) is 71.1 Å². The minimum atomic E-state index is 0.733. The summed E-state index contributed by atoms with van der Waals surface area (Å²) in [6, 6.07) is 57.2. The smallest absolute Gasteiger partial charge is 0.160 e. The van der Waals surface area contributed by atoms with E-state index < -0.39 is 0 Å². The molecule has 5 aromatic heterocycles. The molecule has 0 aliphatic heterocycles. The summed E-state index contributed by atoms with van der Waals surface area (Å²) < 4.78 is 7.29. The van der Waals surface area contributed by atoms with E-state index in [0.717, 1.165) is 43.9 Å². The van der Waals surface area contributed by atoms with E-state index in [0.29, 0.717) is 0 Å². The molecule has 60 heavy (non-hydrogen) atoms. The lowest BCUT2D eigenvalue weighted by atomic mass is 10.0. The van der Waals surface area contributed by atoms with Gasteiger partial charge in [0.25, 0.3) is 0 Å². The summed E-state index contributed by atoms with van der Waals surface area (Å²) in [6.07, 6.45) is 6.13. The minimum absolute atomic E-state index is 0.733. The lowest BCUT2D eigenvalue weighted by molar-refractivity contribution is 1.18. The summed E-state index contributed by atoms with van der Waals surface area (Å²) >= 11 is 1.77. The van der Waals surface area contributed by atoms with Gasteiger partial charge in [0.05, 0.1) is 38.0 Å². The Kier molecular flexibility index (Phi) is 6.93. The third-order valence-corrected chi connectivity index (χ3v) is 13.8. The fourth-order valence-corrected chi connectivity index (χ4v) is 11.0. The number of para-hydroxylation sites is 1. The van der Waals surface area contributed by atoms with Gasteiger partial charge in [0.15, 0.2) is 5.82 Å². The SMILES string of the molecule is C=C/C=C\c1c(C)c2cc3c4ccccc4n(-c4ccc(-c5nc(-c6ccc7ccccc7c6)nc6c5sc5ccccc56)cc4)c3c3c4ccc5ccccc5c4n1c23. The van der Waals surface area contributed by atoms with Gasteiger partial charge in [0, 0.05) is 64.9 Å². The average Bonchev–Trinajstić information content (AvgIpc) is 4.03. The largest absolute Gasteiger partial charge is 0.309 e. The first-order chi connectivity index (χ1) is 29.6. The summed E-state index contributed by atoms with van der Waals surface area (Å²) in [6.45, 7) is 6.27. The molecule has 8 aromatic carbocycles. The highest BCUT2D eigenvalue weighted by molar-refractivity contribution is 7.26. The fourth-order valence-electron chi connectivity index (χ4n) is 9.89. The zero-order valence-electron chi connectivity index (χ0n) is 32.6. The fraction of sp³-hybridized carbons (Fsp3) is 0.0182. The molecule has 0 N–H and O–H groups in total. The van der Waals surface area contributed by atoms with Crippen molar-refractivity contribution in [1.29, 1.82) is 0 Å². The zero-order chi connectivity index (χ0) is 39.6. The molecule has 5 heterocycles. The molecule has 13 rings (SSSR count). The normalized spacial score (nSPS) is 12.4. The van der Waals surface area contributed by atoms with Crippen LogP contribution in [0.1, 0.15) is 11.3 Å². The highest BCUT2D eigenvalue weighted by Gasteiger charge is 2.26. The van der Waals surface area contributed by atoms with E-state index in [9.17, 15) is 0 Å². The molecule has 0 spiro atoms. The molecule has 280 valence electrons. The monoisotopic (exact) mass is 782 g/mol. The van der Waals surface area contributed by atoms with Gasteiger partial charge in [-0.15, -0.1) is 11.3 Å². The summed E-state index contributed by atoms with van der Waals surface area (Å²) in [5, 5.41) is 12.3. The molecule has 0 saturated heterocycles. The van der Waals surface area contributed by atoms with Crippen LogP contribution in [-0.4, -0.2) is 18.9 Å². The van der Waals surface area contributed by atoms with Crippen molar-refractivity contribution in [3.05, 3.63) is 188 Å². The standard InChI is InChI=1S/C55H34N4S/c1-3-4-19-45-32(2)43-31-44-40-17-9-11-20-46(40)58(53(44)48-42-29-26-34-14-7-8-16-39(34)51(42)59(45)52(43)48)38-27-24-35(25-28-38)49-54-50(41-18-10-12-21-47(41)60-54)57-55(56-49)37-23-22-33-13-5-6-15-36(33)30-37/h3-31H,1H2,2H3/b19-4-. The highest BCUT2D eigenvalue weighted by Crippen LogP contribution is 2.48. The molecule has 0 aliphatic rings. The Hall–Kier alpha value is -7.60. The van der Waals surface area contributed by atoms with E-state index >= 15 is 0 Å². The first-order valence-corrected chi connectivity index (χ1v) is 21.2. The van der Waals surface area contributed by atoms with E-state index in [2.05, 4.69) is 192 Å². The molecule has 0 atom stereocenters. The van der Waals surface area contributed by atoms with Gasteiger partial charge < -0.3 is 8.97 Å². The predicted octanol–water partition coefficient (Wildman–Crippen LogP) is 15.1. The Labute approximate surface area is 348 Å². The average molecular weight is 783 g/mol. The molecule has 4 nitrogen and oxygen atoms in total. The number of thiophene rings is 1. The Bertz CT molecular complexity index is 3970. The molecule has 0 amide bonds. The number of nitrogens with zero attached hydrogens (tertiary/aromatic N) is 4. The maximum Gasteiger partial charge on any atom is 0.160 e. The van der Waals surface area contributed by atoms with Crippen LogP contribution in [0.3, 0.4) is 0 Å². The molecule has 5 heteroatoms. The number of allylic oxidation sites excluding steroid dienone is 2. The minimum Gasteiger partial charge on any atom is -0.309 e. The van der Waals surface area contributed by atoms with Crippen molar-refractivity contribution in [3.8, 4) is 28.3 Å². The molecular weight excluding hydrogens is 749 g/mol. The van der Waals surface area contributed by atoms with Gasteiger partial charge in [-0.2, -0.15) is 0 Å².